The molecule has 1 aromatic rings. The van der Waals surface area contributed by atoms with Crippen LogP contribution in [0.1, 0.15) is 33.1 Å². The van der Waals surface area contributed by atoms with Crippen LogP contribution >= 0.6 is 0 Å². The van der Waals surface area contributed by atoms with E-state index in [9.17, 15) is 0 Å². The van der Waals surface area contributed by atoms with Crippen LogP contribution in [0.15, 0.2) is 30.3 Å². The third-order valence-corrected chi connectivity index (χ3v) is 2.64. The lowest BCUT2D eigenvalue weighted by molar-refractivity contribution is 0.488. The van der Waals surface area contributed by atoms with Crippen molar-refractivity contribution in [2.45, 2.75) is 33.1 Å². The van der Waals surface area contributed by atoms with Crippen molar-refractivity contribution < 1.29 is 0 Å². The highest BCUT2D eigenvalue weighted by Crippen LogP contribution is 2.12. The second kappa shape index (κ2) is 6.47. The standard InChI is InChI=1S/C13H21N/c1-3-8-12(4-2)11-14-13-9-6-5-7-10-13/h5-7,9-10,12,14H,3-4,8,11H2,1-2H3. The van der Waals surface area contributed by atoms with E-state index in [4.69, 9.17) is 0 Å². The largest absolute Gasteiger partial charge is 0.385 e. The minimum atomic E-state index is 0.820. The van der Waals surface area contributed by atoms with E-state index in [-0.39, 0.29) is 0 Å². The maximum atomic E-state index is 3.48. The third-order valence-electron chi connectivity index (χ3n) is 2.64. The van der Waals surface area contributed by atoms with Gasteiger partial charge in [-0.1, -0.05) is 44.9 Å². The molecule has 0 spiro atoms. The van der Waals surface area contributed by atoms with E-state index in [0.717, 1.165) is 12.5 Å². The molecule has 1 unspecified atom stereocenters. The molecule has 0 saturated heterocycles. The van der Waals surface area contributed by atoms with Gasteiger partial charge < -0.3 is 5.32 Å². The lowest BCUT2D eigenvalue weighted by atomic mass is 10.0. The number of hydrogen-bond donors (Lipinski definition) is 1. The molecule has 1 rings (SSSR count). The highest BCUT2D eigenvalue weighted by molar-refractivity contribution is 5.42. The van der Waals surface area contributed by atoms with Crippen molar-refractivity contribution in [2.75, 3.05) is 11.9 Å². The van der Waals surface area contributed by atoms with Gasteiger partial charge in [-0.3, -0.25) is 0 Å². The van der Waals surface area contributed by atoms with Crippen LogP contribution in [-0.4, -0.2) is 6.54 Å². The highest BCUT2D eigenvalue weighted by Gasteiger charge is 2.03. The van der Waals surface area contributed by atoms with Crippen LogP contribution in [0.5, 0.6) is 0 Å². The molecule has 0 fully saturated rings. The predicted molar refractivity (Wildman–Crippen MR) is 63.6 cm³/mol. The zero-order chi connectivity index (χ0) is 10.2. The monoisotopic (exact) mass is 191 g/mol. The number of hydrogen-bond acceptors (Lipinski definition) is 1. The molecule has 0 amide bonds. The van der Waals surface area contributed by atoms with Gasteiger partial charge in [-0.25, -0.2) is 0 Å². The van der Waals surface area contributed by atoms with Gasteiger partial charge in [0.15, 0.2) is 0 Å². The minimum Gasteiger partial charge on any atom is -0.385 e. The van der Waals surface area contributed by atoms with Crippen molar-refractivity contribution in [2.24, 2.45) is 5.92 Å². The highest BCUT2D eigenvalue weighted by atomic mass is 14.9. The average molecular weight is 191 g/mol. The van der Waals surface area contributed by atoms with Crippen LogP contribution in [-0.2, 0) is 0 Å². The zero-order valence-corrected chi connectivity index (χ0v) is 9.29. The Balaban J connectivity index is 2.32. The number of anilines is 1. The summed E-state index contributed by atoms with van der Waals surface area (Å²) in [5.41, 5.74) is 1.24. The Morgan fingerprint density at radius 2 is 1.86 bits per heavy atom. The molecular weight excluding hydrogens is 170 g/mol. The van der Waals surface area contributed by atoms with E-state index in [0.29, 0.717) is 0 Å². The van der Waals surface area contributed by atoms with Crippen molar-refractivity contribution in [1.82, 2.24) is 0 Å². The Labute approximate surface area is 87.5 Å². The molecule has 0 aliphatic carbocycles. The molecule has 0 heterocycles. The topological polar surface area (TPSA) is 12.0 Å². The van der Waals surface area contributed by atoms with Gasteiger partial charge >= 0.3 is 0 Å². The Kier molecular flexibility index (Phi) is 5.13. The van der Waals surface area contributed by atoms with Gasteiger partial charge in [-0.2, -0.15) is 0 Å². The molecule has 0 radical (unpaired) electrons. The fourth-order valence-corrected chi connectivity index (χ4v) is 1.68. The van der Waals surface area contributed by atoms with Crippen LogP contribution in [0.3, 0.4) is 0 Å². The first kappa shape index (κ1) is 11.1. The summed E-state index contributed by atoms with van der Waals surface area (Å²) in [4.78, 5) is 0. The van der Waals surface area contributed by atoms with Gasteiger partial charge in [0, 0.05) is 12.2 Å². The Morgan fingerprint density at radius 1 is 1.14 bits per heavy atom. The van der Waals surface area contributed by atoms with Crippen molar-refractivity contribution in [3.63, 3.8) is 0 Å². The van der Waals surface area contributed by atoms with Crippen molar-refractivity contribution in [3.05, 3.63) is 30.3 Å². The summed E-state index contributed by atoms with van der Waals surface area (Å²) in [5, 5.41) is 3.48. The summed E-state index contributed by atoms with van der Waals surface area (Å²) in [7, 11) is 0. The summed E-state index contributed by atoms with van der Waals surface area (Å²) >= 11 is 0. The molecule has 0 aromatic heterocycles. The van der Waals surface area contributed by atoms with Gasteiger partial charge in [-0.15, -0.1) is 0 Å². The van der Waals surface area contributed by atoms with Crippen LogP contribution in [0.25, 0.3) is 0 Å². The van der Waals surface area contributed by atoms with Crippen LogP contribution < -0.4 is 5.32 Å². The fraction of sp³-hybridized carbons (Fsp3) is 0.538. The first-order valence-corrected chi connectivity index (χ1v) is 5.65. The van der Waals surface area contributed by atoms with Gasteiger partial charge in [-0.05, 0) is 24.5 Å². The molecule has 1 N–H and O–H groups in total. The Morgan fingerprint density at radius 3 is 2.43 bits per heavy atom. The molecule has 0 saturated carbocycles. The van der Waals surface area contributed by atoms with E-state index >= 15 is 0 Å². The van der Waals surface area contributed by atoms with E-state index in [1.54, 1.807) is 0 Å². The molecule has 1 nitrogen and oxygen atoms in total. The molecule has 0 bridgehead atoms. The quantitative estimate of drug-likeness (QED) is 0.718. The number of benzene rings is 1. The first-order valence-electron chi connectivity index (χ1n) is 5.65. The summed E-state index contributed by atoms with van der Waals surface area (Å²) < 4.78 is 0. The summed E-state index contributed by atoms with van der Waals surface area (Å²) in [6, 6.07) is 10.4. The summed E-state index contributed by atoms with van der Waals surface area (Å²) in [6.45, 7) is 5.63. The third kappa shape index (κ3) is 3.82. The molecule has 1 heteroatoms. The smallest absolute Gasteiger partial charge is 0.0340 e. The molecule has 14 heavy (non-hydrogen) atoms. The number of nitrogens with one attached hydrogen (secondary N) is 1. The average Bonchev–Trinajstić information content (AvgIpc) is 2.25. The molecular formula is C13H21N. The second-order valence-corrected chi connectivity index (χ2v) is 3.81. The van der Waals surface area contributed by atoms with Crippen LogP contribution in [0, 0.1) is 5.92 Å². The predicted octanol–water partition coefficient (Wildman–Crippen LogP) is 3.92. The maximum Gasteiger partial charge on any atom is 0.0340 e. The van der Waals surface area contributed by atoms with Gasteiger partial charge in [0.2, 0.25) is 0 Å². The summed E-state index contributed by atoms with van der Waals surface area (Å²) in [6.07, 6.45) is 3.89. The fourth-order valence-electron chi connectivity index (χ4n) is 1.68. The summed E-state index contributed by atoms with van der Waals surface area (Å²) in [5.74, 6) is 0.820. The number of para-hydroxylation sites is 1. The van der Waals surface area contributed by atoms with Crippen LogP contribution in [0.2, 0.25) is 0 Å². The SMILES string of the molecule is CCCC(CC)CNc1ccccc1. The van der Waals surface area contributed by atoms with Gasteiger partial charge in [0.1, 0.15) is 0 Å². The first-order chi connectivity index (χ1) is 6.86. The van der Waals surface area contributed by atoms with Gasteiger partial charge in [0.05, 0.1) is 0 Å². The molecule has 1 atom stereocenters. The van der Waals surface area contributed by atoms with E-state index in [2.05, 4.69) is 49.5 Å². The lowest BCUT2D eigenvalue weighted by Crippen LogP contribution is -2.13. The van der Waals surface area contributed by atoms with E-state index < -0.39 is 0 Å². The molecule has 0 aliphatic heterocycles. The van der Waals surface area contributed by atoms with Gasteiger partial charge in [0.25, 0.3) is 0 Å². The minimum absolute atomic E-state index is 0.820. The molecule has 0 aliphatic rings. The zero-order valence-electron chi connectivity index (χ0n) is 9.29. The molecule has 78 valence electrons. The number of rotatable bonds is 6. The Bertz CT molecular complexity index is 230. The van der Waals surface area contributed by atoms with E-state index in [1.165, 1.54) is 24.9 Å². The normalized spacial score (nSPS) is 12.4. The van der Waals surface area contributed by atoms with Crippen molar-refractivity contribution >= 4 is 5.69 Å². The molecule has 1 aromatic carbocycles. The Hall–Kier alpha value is -0.980. The van der Waals surface area contributed by atoms with Crippen molar-refractivity contribution in [1.29, 1.82) is 0 Å². The maximum absolute atomic E-state index is 3.48. The van der Waals surface area contributed by atoms with E-state index in [1.807, 2.05) is 0 Å². The lowest BCUT2D eigenvalue weighted by Gasteiger charge is -2.15. The second-order valence-electron chi connectivity index (χ2n) is 3.81. The van der Waals surface area contributed by atoms with Crippen molar-refractivity contribution in [3.8, 4) is 0 Å². The van der Waals surface area contributed by atoms with Crippen LogP contribution in [0.4, 0.5) is 5.69 Å².